The van der Waals surface area contributed by atoms with E-state index in [1.165, 1.54) is 6.20 Å². The first-order chi connectivity index (χ1) is 15.8. The van der Waals surface area contributed by atoms with Crippen molar-refractivity contribution >= 4 is 44.2 Å². The Kier molecular flexibility index (Phi) is 7.23. The summed E-state index contributed by atoms with van der Waals surface area (Å²) in [5.74, 6) is 0.585. The molecule has 0 radical (unpaired) electrons. The van der Waals surface area contributed by atoms with E-state index in [1.807, 2.05) is 0 Å². The summed E-state index contributed by atoms with van der Waals surface area (Å²) in [6, 6.07) is 1.38. The van der Waals surface area contributed by atoms with Crippen LogP contribution in [0.15, 0.2) is 30.9 Å². The smallest absolute Gasteiger partial charge is 0.242 e. The number of hydrogen-bond acceptors (Lipinski definition) is 8. The summed E-state index contributed by atoms with van der Waals surface area (Å²) in [4.78, 5) is 30.8. The average Bonchev–Trinajstić information content (AvgIpc) is 3.20. The molecule has 3 aromatic heterocycles. The third kappa shape index (κ3) is 6.05. The van der Waals surface area contributed by atoms with Crippen molar-refractivity contribution < 1.29 is 13.2 Å². The van der Waals surface area contributed by atoms with Gasteiger partial charge in [0.05, 0.1) is 40.7 Å². The highest BCUT2D eigenvalue weighted by molar-refractivity contribution is 7.91. The fourth-order valence-corrected chi connectivity index (χ4v) is 5.10. The number of aromatic amines is 1. The Morgan fingerprint density at radius 1 is 1.27 bits per heavy atom. The van der Waals surface area contributed by atoms with Gasteiger partial charge in [-0.2, -0.15) is 0 Å². The molecule has 12 heteroatoms. The molecule has 4 rings (SSSR count). The highest BCUT2D eigenvalue weighted by Crippen LogP contribution is 2.28. The fraction of sp³-hybridized carbons (Fsp3) is 0.429. The summed E-state index contributed by atoms with van der Waals surface area (Å²) >= 11 is 6.07. The third-order valence-corrected chi connectivity index (χ3v) is 7.41. The van der Waals surface area contributed by atoms with Crippen LogP contribution in [0.25, 0.3) is 22.3 Å². The molecule has 0 spiro atoms. The number of halogens is 1. The van der Waals surface area contributed by atoms with E-state index in [4.69, 9.17) is 11.6 Å². The van der Waals surface area contributed by atoms with Crippen LogP contribution in [-0.2, 0) is 14.6 Å². The predicted octanol–water partition coefficient (Wildman–Crippen LogP) is 1.71. The van der Waals surface area contributed by atoms with E-state index in [0.717, 1.165) is 23.9 Å². The number of fused-ring (bicyclic) bond motifs is 1. The van der Waals surface area contributed by atoms with E-state index in [2.05, 4.69) is 35.5 Å². The molecule has 0 unspecified atom stereocenters. The molecule has 3 N–H and O–H groups in total. The van der Waals surface area contributed by atoms with Gasteiger partial charge in [-0.3, -0.25) is 9.78 Å². The Hall–Kier alpha value is -2.60. The molecule has 0 aromatic carbocycles. The number of amides is 1. The summed E-state index contributed by atoms with van der Waals surface area (Å²) in [5, 5.41) is 7.34. The van der Waals surface area contributed by atoms with Crippen molar-refractivity contribution in [2.75, 3.05) is 43.0 Å². The first-order valence-electron chi connectivity index (χ1n) is 10.7. The maximum Gasteiger partial charge on any atom is 0.242 e. The van der Waals surface area contributed by atoms with E-state index >= 15 is 0 Å². The molecule has 33 heavy (non-hydrogen) atoms. The van der Waals surface area contributed by atoms with Gasteiger partial charge in [-0.15, -0.1) is 0 Å². The van der Waals surface area contributed by atoms with E-state index in [-0.39, 0.29) is 17.4 Å². The van der Waals surface area contributed by atoms with Crippen LogP contribution in [0.5, 0.6) is 0 Å². The molecular formula is C21H26ClN7O3S. The summed E-state index contributed by atoms with van der Waals surface area (Å²) in [6.07, 6.45) is 7.29. The molecular weight excluding hydrogens is 466 g/mol. The number of hydrogen-bond donors (Lipinski definition) is 3. The molecule has 3 aromatic rings. The van der Waals surface area contributed by atoms with Gasteiger partial charge in [-0.25, -0.2) is 18.4 Å². The van der Waals surface area contributed by atoms with Crippen molar-refractivity contribution in [3.05, 3.63) is 35.9 Å². The predicted molar refractivity (Wildman–Crippen MR) is 128 cm³/mol. The minimum atomic E-state index is -2.86. The van der Waals surface area contributed by atoms with Gasteiger partial charge in [0.1, 0.15) is 5.65 Å². The molecule has 0 saturated carbocycles. The molecule has 176 valence electrons. The molecule has 1 aliphatic rings. The summed E-state index contributed by atoms with van der Waals surface area (Å²) in [6.45, 7) is 4.38. The molecule has 1 aliphatic heterocycles. The minimum absolute atomic E-state index is 0.214. The maximum absolute atomic E-state index is 12.6. The van der Waals surface area contributed by atoms with Gasteiger partial charge in [-0.1, -0.05) is 11.6 Å². The molecule has 1 saturated heterocycles. The monoisotopic (exact) mass is 491 g/mol. The SMILES string of the molecule is C[C@@H](NCCCN1CCS(=O)(=O)CC1)C(=O)Nc1cncc(-c2c[nH]c3ncc(Cl)cc23)n1. The summed E-state index contributed by atoms with van der Waals surface area (Å²) < 4.78 is 23.0. The van der Waals surface area contributed by atoms with E-state index in [1.54, 1.807) is 31.6 Å². The lowest BCUT2D eigenvalue weighted by molar-refractivity contribution is -0.117. The molecule has 1 fully saturated rings. The minimum Gasteiger partial charge on any atom is -0.345 e. The van der Waals surface area contributed by atoms with E-state index in [9.17, 15) is 13.2 Å². The van der Waals surface area contributed by atoms with Crippen molar-refractivity contribution in [1.82, 2.24) is 30.2 Å². The van der Waals surface area contributed by atoms with Crippen LogP contribution in [0.4, 0.5) is 5.82 Å². The first-order valence-corrected chi connectivity index (χ1v) is 12.9. The van der Waals surface area contributed by atoms with Crippen molar-refractivity contribution in [3.8, 4) is 11.3 Å². The second kappa shape index (κ2) is 10.1. The zero-order chi connectivity index (χ0) is 23.4. The second-order valence-corrected chi connectivity index (χ2v) is 10.8. The van der Waals surface area contributed by atoms with Gasteiger partial charge in [-0.05, 0) is 32.5 Å². The van der Waals surface area contributed by atoms with Crippen molar-refractivity contribution in [3.63, 3.8) is 0 Å². The van der Waals surface area contributed by atoms with Gasteiger partial charge in [0.2, 0.25) is 5.91 Å². The summed E-state index contributed by atoms with van der Waals surface area (Å²) in [7, 11) is -2.86. The number of carbonyl (C=O) groups excluding carboxylic acids is 1. The highest BCUT2D eigenvalue weighted by Gasteiger charge is 2.21. The van der Waals surface area contributed by atoms with Gasteiger partial charge < -0.3 is 20.5 Å². The van der Waals surface area contributed by atoms with Crippen LogP contribution in [0.2, 0.25) is 5.02 Å². The number of nitrogens with one attached hydrogen (secondary N) is 3. The molecule has 4 heterocycles. The Morgan fingerprint density at radius 2 is 2.06 bits per heavy atom. The number of nitrogens with zero attached hydrogens (tertiary/aromatic N) is 4. The van der Waals surface area contributed by atoms with Crippen molar-refractivity contribution in [2.45, 2.75) is 19.4 Å². The van der Waals surface area contributed by atoms with E-state index in [0.29, 0.717) is 41.8 Å². The number of aromatic nitrogens is 4. The van der Waals surface area contributed by atoms with Gasteiger partial charge >= 0.3 is 0 Å². The molecule has 0 aliphatic carbocycles. The van der Waals surface area contributed by atoms with Gasteiger partial charge in [0, 0.05) is 36.4 Å². The molecule has 10 nitrogen and oxygen atoms in total. The number of anilines is 1. The zero-order valence-electron chi connectivity index (χ0n) is 18.2. The average molecular weight is 492 g/mol. The normalized spacial score (nSPS) is 17.2. The van der Waals surface area contributed by atoms with Gasteiger partial charge in [0.15, 0.2) is 15.7 Å². The molecule has 1 amide bonds. The fourth-order valence-electron chi connectivity index (χ4n) is 3.67. The van der Waals surface area contributed by atoms with Crippen molar-refractivity contribution in [1.29, 1.82) is 0 Å². The second-order valence-electron chi connectivity index (χ2n) is 8.05. The van der Waals surface area contributed by atoms with Crippen molar-refractivity contribution in [2.24, 2.45) is 0 Å². The summed E-state index contributed by atoms with van der Waals surface area (Å²) in [5.41, 5.74) is 2.07. The van der Waals surface area contributed by atoms with Crippen LogP contribution in [0, 0.1) is 0 Å². The lowest BCUT2D eigenvalue weighted by Crippen LogP contribution is -2.42. The van der Waals surface area contributed by atoms with Crippen LogP contribution in [0.3, 0.4) is 0 Å². The third-order valence-electron chi connectivity index (χ3n) is 5.59. The number of rotatable bonds is 8. The lowest BCUT2D eigenvalue weighted by atomic mass is 10.2. The largest absolute Gasteiger partial charge is 0.345 e. The molecule has 0 bridgehead atoms. The van der Waals surface area contributed by atoms with Gasteiger partial charge in [0.25, 0.3) is 0 Å². The number of H-pyrrole nitrogens is 1. The molecule has 1 atom stereocenters. The van der Waals surface area contributed by atoms with Crippen LogP contribution in [-0.4, -0.2) is 82.9 Å². The Morgan fingerprint density at radius 3 is 2.85 bits per heavy atom. The first kappa shape index (κ1) is 23.6. The Labute approximate surface area is 197 Å². The van der Waals surface area contributed by atoms with Crippen LogP contribution < -0.4 is 10.6 Å². The number of pyridine rings is 1. The highest BCUT2D eigenvalue weighted by atomic mass is 35.5. The lowest BCUT2D eigenvalue weighted by Gasteiger charge is -2.26. The maximum atomic E-state index is 12.6. The van der Waals surface area contributed by atoms with E-state index < -0.39 is 15.9 Å². The zero-order valence-corrected chi connectivity index (χ0v) is 19.8. The Balaban J connectivity index is 1.29. The van der Waals surface area contributed by atoms with Crippen LogP contribution >= 0.6 is 11.6 Å². The number of sulfone groups is 1. The quantitative estimate of drug-likeness (QED) is 0.405. The number of carbonyl (C=O) groups is 1. The topological polar surface area (TPSA) is 133 Å². The standard InChI is InChI=1S/C21H26ClN7O3S/c1-14(24-3-2-4-29-5-7-33(31,32)8-6-29)21(30)28-19-13-23-12-18(27-19)17-11-26-20-16(17)9-15(22)10-25-20/h9-14,24H,2-8H2,1H3,(H,25,26)(H,27,28,30)/t14-/m1/s1. The Bertz CT molecular complexity index is 1230. The van der Waals surface area contributed by atoms with Crippen LogP contribution in [0.1, 0.15) is 13.3 Å².